The van der Waals surface area contributed by atoms with Gasteiger partial charge in [0.1, 0.15) is 0 Å². The number of piperidine rings is 1. The van der Waals surface area contributed by atoms with Gasteiger partial charge in [-0.25, -0.2) is 0 Å². The fraction of sp³-hybridized carbons (Fsp3) is 0.500. The summed E-state index contributed by atoms with van der Waals surface area (Å²) in [6.07, 6.45) is 2.60. The minimum absolute atomic E-state index is 0.116. The van der Waals surface area contributed by atoms with E-state index < -0.39 is 6.10 Å². The fourth-order valence-corrected chi connectivity index (χ4v) is 3.03. The van der Waals surface area contributed by atoms with Crippen molar-refractivity contribution in [2.24, 2.45) is 5.92 Å². The van der Waals surface area contributed by atoms with Gasteiger partial charge in [0.2, 0.25) is 5.76 Å². The number of pyridine rings is 1. The van der Waals surface area contributed by atoms with E-state index in [-0.39, 0.29) is 17.7 Å². The summed E-state index contributed by atoms with van der Waals surface area (Å²) in [7, 11) is 0. The molecule has 0 spiro atoms. The standard InChI is InChI=1S/C18H23N3O3/c1-12(2)15-11-16(24-20-15)18(23)21-9-6-13(7-10-21)17(22)14-5-3-4-8-19-14/h3-5,8,11-13,17,22H,6-7,9-10H2,1-2H3/t17-/m1/s1. The molecule has 6 nitrogen and oxygen atoms in total. The molecule has 2 aromatic rings. The summed E-state index contributed by atoms with van der Waals surface area (Å²) in [4.78, 5) is 18.5. The number of hydrogen-bond acceptors (Lipinski definition) is 5. The molecule has 3 heterocycles. The Labute approximate surface area is 141 Å². The van der Waals surface area contributed by atoms with E-state index in [0.717, 1.165) is 18.5 Å². The number of carbonyl (C=O) groups is 1. The summed E-state index contributed by atoms with van der Waals surface area (Å²) >= 11 is 0. The van der Waals surface area contributed by atoms with Crippen LogP contribution in [0.1, 0.15) is 60.7 Å². The lowest BCUT2D eigenvalue weighted by Gasteiger charge is -2.33. The summed E-state index contributed by atoms with van der Waals surface area (Å²) in [5, 5.41) is 14.4. The Balaban J connectivity index is 1.59. The van der Waals surface area contributed by atoms with Crippen molar-refractivity contribution in [3.8, 4) is 0 Å². The van der Waals surface area contributed by atoms with E-state index in [9.17, 15) is 9.90 Å². The second-order valence-electron chi connectivity index (χ2n) is 6.60. The quantitative estimate of drug-likeness (QED) is 0.933. The van der Waals surface area contributed by atoms with Crippen LogP contribution in [0.2, 0.25) is 0 Å². The van der Waals surface area contributed by atoms with E-state index in [1.165, 1.54) is 0 Å². The minimum atomic E-state index is -0.582. The highest BCUT2D eigenvalue weighted by Gasteiger charge is 2.30. The number of rotatable bonds is 4. The SMILES string of the molecule is CC(C)c1cc(C(=O)N2CCC([C@@H](O)c3ccccn3)CC2)on1. The van der Waals surface area contributed by atoms with Gasteiger partial charge in [-0.2, -0.15) is 0 Å². The van der Waals surface area contributed by atoms with Gasteiger partial charge in [-0.3, -0.25) is 9.78 Å². The van der Waals surface area contributed by atoms with Gasteiger partial charge in [-0.1, -0.05) is 25.1 Å². The number of carbonyl (C=O) groups excluding carboxylic acids is 1. The number of likely N-dealkylation sites (tertiary alicyclic amines) is 1. The Morgan fingerprint density at radius 3 is 2.62 bits per heavy atom. The third-order valence-corrected chi connectivity index (χ3v) is 4.59. The van der Waals surface area contributed by atoms with Crippen LogP contribution < -0.4 is 0 Å². The molecule has 1 saturated heterocycles. The molecule has 0 bridgehead atoms. The normalized spacial score (nSPS) is 17.2. The Kier molecular flexibility index (Phi) is 4.94. The van der Waals surface area contributed by atoms with Crippen LogP contribution in [-0.2, 0) is 0 Å². The lowest BCUT2D eigenvalue weighted by Crippen LogP contribution is -2.39. The molecule has 1 N–H and O–H groups in total. The van der Waals surface area contributed by atoms with Crippen LogP contribution in [0, 0.1) is 5.92 Å². The van der Waals surface area contributed by atoms with Crippen molar-refractivity contribution in [1.29, 1.82) is 0 Å². The Bertz CT molecular complexity index is 676. The maximum atomic E-state index is 12.5. The first-order valence-corrected chi connectivity index (χ1v) is 8.41. The third-order valence-electron chi connectivity index (χ3n) is 4.59. The van der Waals surface area contributed by atoms with Gasteiger partial charge < -0.3 is 14.5 Å². The molecule has 0 aliphatic carbocycles. The van der Waals surface area contributed by atoms with E-state index in [1.54, 1.807) is 17.2 Å². The molecular formula is C18H23N3O3. The first kappa shape index (κ1) is 16.6. The van der Waals surface area contributed by atoms with Gasteiger partial charge in [-0.05, 0) is 36.8 Å². The van der Waals surface area contributed by atoms with Gasteiger partial charge in [0.25, 0.3) is 5.91 Å². The largest absolute Gasteiger partial charge is 0.387 e. The van der Waals surface area contributed by atoms with Crippen LogP contribution in [0.3, 0.4) is 0 Å². The number of hydrogen-bond donors (Lipinski definition) is 1. The zero-order valence-electron chi connectivity index (χ0n) is 14.1. The van der Waals surface area contributed by atoms with Crippen LogP contribution in [0.15, 0.2) is 35.0 Å². The molecule has 0 unspecified atom stereocenters. The maximum absolute atomic E-state index is 12.5. The van der Waals surface area contributed by atoms with Gasteiger partial charge in [0.05, 0.1) is 17.5 Å². The zero-order chi connectivity index (χ0) is 17.1. The molecule has 0 saturated carbocycles. The first-order valence-electron chi connectivity index (χ1n) is 8.41. The van der Waals surface area contributed by atoms with E-state index in [2.05, 4.69) is 10.1 Å². The minimum Gasteiger partial charge on any atom is -0.387 e. The highest BCUT2D eigenvalue weighted by atomic mass is 16.5. The molecular weight excluding hydrogens is 306 g/mol. The molecule has 3 rings (SSSR count). The van der Waals surface area contributed by atoms with Gasteiger partial charge in [0, 0.05) is 25.4 Å². The van der Waals surface area contributed by atoms with Crippen molar-refractivity contribution in [3.63, 3.8) is 0 Å². The monoisotopic (exact) mass is 329 g/mol. The molecule has 6 heteroatoms. The molecule has 128 valence electrons. The highest BCUT2D eigenvalue weighted by molar-refractivity contribution is 5.91. The average molecular weight is 329 g/mol. The lowest BCUT2D eigenvalue weighted by molar-refractivity contribution is 0.0423. The predicted octanol–water partition coefficient (Wildman–Crippen LogP) is 2.78. The van der Waals surface area contributed by atoms with Crippen molar-refractivity contribution >= 4 is 5.91 Å². The third kappa shape index (κ3) is 3.48. The first-order chi connectivity index (χ1) is 11.6. The summed E-state index contributed by atoms with van der Waals surface area (Å²) in [6.45, 7) is 5.23. The highest BCUT2D eigenvalue weighted by Crippen LogP contribution is 2.30. The lowest BCUT2D eigenvalue weighted by atomic mass is 9.89. The van der Waals surface area contributed by atoms with Crippen LogP contribution in [0.4, 0.5) is 0 Å². The second-order valence-corrected chi connectivity index (χ2v) is 6.60. The van der Waals surface area contributed by atoms with Crippen LogP contribution in [0.5, 0.6) is 0 Å². The van der Waals surface area contributed by atoms with Gasteiger partial charge >= 0.3 is 0 Å². The molecule has 1 aliphatic rings. The molecule has 1 atom stereocenters. The number of amides is 1. The molecule has 1 aliphatic heterocycles. The fourth-order valence-electron chi connectivity index (χ4n) is 3.03. The summed E-state index contributed by atoms with van der Waals surface area (Å²) in [5.41, 5.74) is 1.48. The number of aromatic nitrogens is 2. The van der Waals surface area contributed by atoms with Crippen molar-refractivity contribution in [2.45, 2.75) is 38.7 Å². The smallest absolute Gasteiger partial charge is 0.292 e. The molecule has 2 aromatic heterocycles. The Morgan fingerprint density at radius 2 is 2.04 bits per heavy atom. The molecule has 1 fully saturated rings. The van der Waals surface area contributed by atoms with Crippen molar-refractivity contribution in [3.05, 3.63) is 47.6 Å². The molecule has 0 radical (unpaired) electrons. The second kappa shape index (κ2) is 7.13. The average Bonchev–Trinajstić information content (AvgIpc) is 3.12. The van der Waals surface area contributed by atoms with Crippen molar-refractivity contribution < 1.29 is 14.4 Å². The Morgan fingerprint density at radius 1 is 1.29 bits per heavy atom. The van der Waals surface area contributed by atoms with Crippen molar-refractivity contribution in [2.75, 3.05) is 13.1 Å². The zero-order valence-corrected chi connectivity index (χ0v) is 14.1. The van der Waals surface area contributed by atoms with Crippen LogP contribution >= 0.6 is 0 Å². The van der Waals surface area contributed by atoms with Gasteiger partial charge in [0.15, 0.2) is 0 Å². The van der Waals surface area contributed by atoms with E-state index in [1.807, 2.05) is 32.0 Å². The number of nitrogens with zero attached hydrogens (tertiary/aromatic N) is 3. The molecule has 1 amide bonds. The number of aliphatic hydroxyl groups excluding tert-OH is 1. The predicted molar refractivity (Wildman–Crippen MR) is 88.4 cm³/mol. The summed E-state index contributed by atoms with van der Waals surface area (Å²) in [5.74, 6) is 0.516. The van der Waals surface area contributed by atoms with E-state index in [0.29, 0.717) is 24.5 Å². The summed E-state index contributed by atoms with van der Waals surface area (Å²) < 4.78 is 5.18. The Hall–Kier alpha value is -2.21. The number of aliphatic hydroxyl groups is 1. The molecule has 24 heavy (non-hydrogen) atoms. The van der Waals surface area contributed by atoms with E-state index >= 15 is 0 Å². The topological polar surface area (TPSA) is 79.5 Å². The molecule has 0 aromatic carbocycles. The summed E-state index contributed by atoms with van der Waals surface area (Å²) in [6, 6.07) is 7.27. The van der Waals surface area contributed by atoms with Crippen LogP contribution in [0.25, 0.3) is 0 Å². The van der Waals surface area contributed by atoms with E-state index in [4.69, 9.17) is 4.52 Å². The maximum Gasteiger partial charge on any atom is 0.292 e. The van der Waals surface area contributed by atoms with Crippen molar-refractivity contribution in [1.82, 2.24) is 15.0 Å². The van der Waals surface area contributed by atoms with Crippen LogP contribution in [-0.4, -0.2) is 39.1 Å². The van der Waals surface area contributed by atoms with Gasteiger partial charge in [-0.15, -0.1) is 0 Å².